The number of unbranched alkanes of at least 4 members (excludes halogenated alkanes) is 1. The molecule has 1 N–H and O–H groups in total. The predicted molar refractivity (Wildman–Crippen MR) is 88.2 cm³/mol. The molecule has 0 amide bonds. The third-order valence-electron chi connectivity index (χ3n) is 3.38. The molecule has 1 atom stereocenters. The van der Waals surface area contributed by atoms with Crippen LogP contribution < -0.4 is 5.32 Å². The van der Waals surface area contributed by atoms with Gasteiger partial charge in [0.15, 0.2) is 0 Å². The highest BCUT2D eigenvalue weighted by molar-refractivity contribution is 7.99. The minimum atomic E-state index is 0.672. The van der Waals surface area contributed by atoms with Gasteiger partial charge in [-0.15, -0.1) is 11.8 Å². The van der Waals surface area contributed by atoms with Crippen LogP contribution in [-0.2, 0) is 0 Å². The fourth-order valence-electron chi connectivity index (χ4n) is 2.09. The second-order valence-corrected chi connectivity index (χ2v) is 6.61. The van der Waals surface area contributed by atoms with E-state index in [2.05, 4.69) is 51.2 Å². The van der Waals surface area contributed by atoms with Gasteiger partial charge in [0.25, 0.3) is 0 Å². The van der Waals surface area contributed by atoms with Crippen LogP contribution in [-0.4, -0.2) is 18.3 Å². The van der Waals surface area contributed by atoms with E-state index in [-0.39, 0.29) is 0 Å². The van der Waals surface area contributed by atoms with Gasteiger partial charge in [0, 0.05) is 10.9 Å². The second-order valence-electron chi connectivity index (χ2n) is 5.47. The third kappa shape index (κ3) is 7.03. The van der Waals surface area contributed by atoms with Gasteiger partial charge >= 0.3 is 0 Å². The van der Waals surface area contributed by atoms with Crippen molar-refractivity contribution in [1.82, 2.24) is 5.32 Å². The van der Waals surface area contributed by atoms with Crippen LogP contribution in [0.25, 0.3) is 0 Å². The zero-order valence-corrected chi connectivity index (χ0v) is 13.8. The van der Waals surface area contributed by atoms with E-state index in [1.807, 2.05) is 11.8 Å². The van der Waals surface area contributed by atoms with E-state index in [9.17, 15) is 0 Å². The molecule has 0 spiro atoms. The van der Waals surface area contributed by atoms with Crippen molar-refractivity contribution in [3.63, 3.8) is 0 Å². The maximum atomic E-state index is 3.55. The maximum Gasteiger partial charge on any atom is 0.0104 e. The highest BCUT2D eigenvalue weighted by atomic mass is 32.2. The van der Waals surface area contributed by atoms with Crippen LogP contribution in [0.15, 0.2) is 23.1 Å². The molecule has 0 aliphatic heterocycles. The number of aryl methyl sites for hydroxylation is 2. The number of nitrogens with one attached hydrogen (secondary N) is 1. The van der Waals surface area contributed by atoms with Crippen LogP contribution >= 0.6 is 11.8 Å². The predicted octanol–water partition coefficient (Wildman–Crippen LogP) is 4.95. The van der Waals surface area contributed by atoms with Crippen molar-refractivity contribution in [1.29, 1.82) is 0 Å². The van der Waals surface area contributed by atoms with Crippen molar-refractivity contribution in [3.05, 3.63) is 29.3 Å². The smallest absolute Gasteiger partial charge is 0.0104 e. The Hall–Kier alpha value is -0.470. The molecule has 108 valence electrons. The fourth-order valence-corrected chi connectivity index (χ4v) is 3.22. The molecule has 1 nitrogen and oxygen atoms in total. The molecular formula is C17H29NS. The normalized spacial score (nSPS) is 12.6. The minimum absolute atomic E-state index is 0.672. The van der Waals surface area contributed by atoms with E-state index in [0.29, 0.717) is 6.04 Å². The summed E-state index contributed by atoms with van der Waals surface area (Å²) in [5, 5.41) is 3.55. The lowest BCUT2D eigenvalue weighted by atomic mass is 10.1. The van der Waals surface area contributed by atoms with Crippen molar-refractivity contribution >= 4 is 11.8 Å². The van der Waals surface area contributed by atoms with Gasteiger partial charge in [0.05, 0.1) is 0 Å². The molecule has 2 heteroatoms. The summed E-state index contributed by atoms with van der Waals surface area (Å²) in [4.78, 5) is 1.46. The molecule has 19 heavy (non-hydrogen) atoms. The van der Waals surface area contributed by atoms with E-state index in [1.165, 1.54) is 47.5 Å². The number of rotatable bonds is 9. The summed E-state index contributed by atoms with van der Waals surface area (Å²) in [5.41, 5.74) is 2.78. The Morgan fingerprint density at radius 2 is 2.00 bits per heavy atom. The molecule has 0 radical (unpaired) electrons. The monoisotopic (exact) mass is 279 g/mol. The number of thioether (sulfide) groups is 1. The average molecular weight is 279 g/mol. The van der Waals surface area contributed by atoms with Gasteiger partial charge < -0.3 is 5.32 Å². The molecule has 1 unspecified atom stereocenters. The lowest BCUT2D eigenvalue weighted by molar-refractivity contribution is 0.496. The summed E-state index contributed by atoms with van der Waals surface area (Å²) in [5.74, 6) is 1.24. The van der Waals surface area contributed by atoms with Crippen LogP contribution in [0.5, 0.6) is 0 Å². The van der Waals surface area contributed by atoms with Crippen molar-refractivity contribution in [3.8, 4) is 0 Å². The van der Waals surface area contributed by atoms with Crippen LogP contribution in [0.2, 0.25) is 0 Å². The van der Waals surface area contributed by atoms with Crippen molar-refractivity contribution in [2.45, 2.75) is 64.3 Å². The standard InChI is InChI=1S/C17H29NS/c1-5-11-18-16(4)8-6-7-12-19-17-13-14(2)9-10-15(17)3/h9-10,13,16,18H,5-8,11-12H2,1-4H3. The number of benzene rings is 1. The van der Waals surface area contributed by atoms with Crippen LogP contribution in [0.1, 0.15) is 50.7 Å². The van der Waals surface area contributed by atoms with Crippen LogP contribution in [0, 0.1) is 13.8 Å². The molecule has 1 aromatic carbocycles. The van der Waals surface area contributed by atoms with Gasteiger partial charge in [-0.05, 0) is 64.0 Å². The van der Waals surface area contributed by atoms with Gasteiger partial charge in [-0.2, -0.15) is 0 Å². The second kappa shape index (κ2) is 9.44. The lowest BCUT2D eigenvalue weighted by Gasteiger charge is -2.12. The Bertz CT molecular complexity index is 362. The van der Waals surface area contributed by atoms with Crippen LogP contribution in [0.4, 0.5) is 0 Å². The molecule has 0 fully saturated rings. The first kappa shape index (κ1) is 16.6. The molecule has 0 saturated heterocycles. The summed E-state index contributed by atoms with van der Waals surface area (Å²) in [6.07, 6.45) is 5.17. The van der Waals surface area contributed by atoms with Gasteiger partial charge in [-0.25, -0.2) is 0 Å². The van der Waals surface area contributed by atoms with Crippen molar-refractivity contribution in [2.75, 3.05) is 12.3 Å². The molecule has 0 aliphatic carbocycles. The molecule has 0 bridgehead atoms. The molecule has 1 aromatic rings. The Balaban J connectivity index is 2.15. The molecule has 0 heterocycles. The zero-order valence-electron chi connectivity index (χ0n) is 13.0. The Morgan fingerprint density at radius 3 is 2.74 bits per heavy atom. The Kier molecular flexibility index (Phi) is 8.24. The topological polar surface area (TPSA) is 12.0 Å². The first-order chi connectivity index (χ1) is 9.13. The molecule has 0 saturated carbocycles. The molecular weight excluding hydrogens is 250 g/mol. The van der Waals surface area contributed by atoms with E-state index < -0.39 is 0 Å². The largest absolute Gasteiger partial charge is 0.314 e. The maximum absolute atomic E-state index is 3.55. The van der Waals surface area contributed by atoms with Gasteiger partial charge in [0.2, 0.25) is 0 Å². The summed E-state index contributed by atoms with van der Waals surface area (Å²) >= 11 is 2.01. The molecule has 0 aromatic heterocycles. The number of hydrogen-bond acceptors (Lipinski definition) is 2. The lowest BCUT2D eigenvalue weighted by Crippen LogP contribution is -2.26. The first-order valence-electron chi connectivity index (χ1n) is 7.57. The van der Waals surface area contributed by atoms with Crippen molar-refractivity contribution < 1.29 is 0 Å². The third-order valence-corrected chi connectivity index (χ3v) is 4.62. The Morgan fingerprint density at radius 1 is 1.21 bits per heavy atom. The summed E-state index contributed by atoms with van der Waals surface area (Å²) in [6.45, 7) is 10.1. The van der Waals surface area contributed by atoms with Gasteiger partial charge in [0.1, 0.15) is 0 Å². The highest BCUT2D eigenvalue weighted by Gasteiger charge is 2.02. The highest BCUT2D eigenvalue weighted by Crippen LogP contribution is 2.24. The fraction of sp³-hybridized carbons (Fsp3) is 0.647. The number of hydrogen-bond donors (Lipinski definition) is 1. The van der Waals surface area contributed by atoms with E-state index in [4.69, 9.17) is 0 Å². The van der Waals surface area contributed by atoms with E-state index in [1.54, 1.807) is 0 Å². The molecule has 0 aliphatic rings. The SMILES string of the molecule is CCCNC(C)CCCCSc1cc(C)ccc1C. The summed E-state index contributed by atoms with van der Waals surface area (Å²) in [7, 11) is 0. The first-order valence-corrected chi connectivity index (χ1v) is 8.55. The van der Waals surface area contributed by atoms with Gasteiger partial charge in [-0.1, -0.05) is 31.0 Å². The zero-order chi connectivity index (χ0) is 14.1. The van der Waals surface area contributed by atoms with Crippen molar-refractivity contribution in [2.24, 2.45) is 0 Å². The Labute approximate surface area is 123 Å². The summed E-state index contributed by atoms with van der Waals surface area (Å²) < 4.78 is 0. The van der Waals surface area contributed by atoms with Crippen LogP contribution in [0.3, 0.4) is 0 Å². The van der Waals surface area contributed by atoms with E-state index >= 15 is 0 Å². The van der Waals surface area contributed by atoms with Gasteiger partial charge in [-0.3, -0.25) is 0 Å². The average Bonchev–Trinajstić information content (AvgIpc) is 2.39. The minimum Gasteiger partial charge on any atom is -0.314 e. The molecule has 1 rings (SSSR count). The van der Waals surface area contributed by atoms with E-state index in [0.717, 1.165) is 6.54 Å². The summed E-state index contributed by atoms with van der Waals surface area (Å²) in [6, 6.07) is 7.41. The quantitative estimate of drug-likeness (QED) is 0.507.